The standard InChI is InChI=1S/C15H20ClNO3/c1-15(2,3)20-13(11-5-7-12(16)8-6-11)19-14(18)17-9-4-10-17/h5-8,13H,4,9-10H2,1-3H3. The summed E-state index contributed by atoms with van der Waals surface area (Å²) in [6.07, 6.45) is -0.0262. The van der Waals surface area contributed by atoms with E-state index in [1.165, 1.54) is 0 Å². The van der Waals surface area contributed by atoms with E-state index in [2.05, 4.69) is 0 Å². The number of rotatable bonds is 3. The van der Waals surface area contributed by atoms with Gasteiger partial charge in [0.15, 0.2) is 0 Å². The van der Waals surface area contributed by atoms with Crippen molar-refractivity contribution < 1.29 is 14.3 Å². The number of likely N-dealkylation sites (tertiary alicyclic amines) is 1. The fraction of sp³-hybridized carbons (Fsp3) is 0.533. The van der Waals surface area contributed by atoms with Crippen molar-refractivity contribution in [2.24, 2.45) is 0 Å². The van der Waals surface area contributed by atoms with Gasteiger partial charge in [0.2, 0.25) is 6.29 Å². The van der Waals surface area contributed by atoms with Gasteiger partial charge in [-0.2, -0.15) is 0 Å². The van der Waals surface area contributed by atoms with E-state index < -0.39 is 11.9 Å². The normalized spacial score (nSPS) is 16.5. The van der Waals surface area contributed by atoms with Crippen LogP contribution in [0, 0.1) is 0 Å². The third-order valence-corrected chi connectivity index (χ3v) is 3.18. The van der Waals surface area contributed by atoms with Crippen LogP contribution in [0.1, 0.15) is 39.0 Å². The molecule has 1 aromatic rings. The fourth-order valence-corrected chi connectivity index (χ4v) is 1.89. The molecule has 1 amide bonds. The lowest BCUT2D eigenvalue weighted by atomic mass is 10.1. The third-order valence-electron chi connectivity index (χ3n) is 2.92. The number of nitrogens with zero attached hydrogens (tertiary/aromatic N) is 1. The minimum Gasteiger partial charge on any atom is -0.415 e. The molecule has 0 spiro atoms. The van der Waals surface area contributed by atoms with Crippen LogP contribution in [0.5, 0.6) is 0 Å². The number of carbonyl (C=O) groups is 1. The highest BCUT2D eigenvalue weighted by atomic mass is 35.5. The number of carbonyl (C=O) groups excluding carboxylic acids is 1. The third kappa shape index (κ3) is 4.12. The van der Waals surface area contributed by atoms with E-state index in [0.717, 1.165) is 25.1 Å². The van der Waals surface area contributed by atoms with Crippen LogP contribution in [0.3, 0.4) is 0 Å². The summed E-state index contributed by atoms with van der Waals surface area (Å²) in [7, 11) is 0. The Labute approximate surface area is 124 Å². The zero-order valence-electron chi connectivity index (χ0n) is 12.1. The molecule has 0 saturated carbocycles. The molecule has 0 aromatic heterocycles. The number of hydrogen-bond acceptors (Lipinski definition) is 3. The Kier molecular flexibility index (Phi) is 4.55. The van der Waals surface area contributed by atoms with Gasteiger partial charge in [-0.1, -0.05) is 23.7 Å². The van der Waals surface area contributed by atoms with Crippen molar-refractivity contribution in [2.45, 2.75) is 39.1 Å². The lowest BCUT2D eigenvalue weighted by Gasteiger charge is -2.33. The second-order valence-electron chi connectivity index (χ2n) is 5.84. The van der Waals surface area contributed by atoms with Gasteiger partial charge in [-0.05, 0) is 39.3 Å². The average molecular weight is 298 g/mol. The second-order valence-corrected chi connectivity index (χ2v) is 6.27. The van der Waals surface area contributed by atoms with Gasteiger partial charge in [-0.15, -0.1) is 0 Å². The fourth-order valence-electron chi connectivity index (χ4n) is 1.77. The summed E-state index contributed by atoms with van der Waals surface area (Å²) in [5.74, 6) is 0. The quantitative estimate of drug-likeness (QED) is 0.792. The van der Waals surface area contributed by atoms with E-state index >= 15 is 0 Å². The number of halogens is 1. The lowest BCUT2D eigenvalue weighted by Crippen LogP contribution is -2.43. The Balaban J connectivity index is 2.11. The van der Waals surface area contributed by atoms with Crippen LogP contribution in [0.2, 0.25) is 5.02 Å². The van der Waals surface area contributed by atoms with Crippen LogP contribution in [0.15, 0.2) is 24.3 Å². The molecule has 1 atom stereocenters. The molecule has 1 unspecified atom stereocenters. The zero-order valence-corrected chi connectivity index (χ0v) is 12.8. The van der Waals surface area contributed by atoms with Crippen molar-refractivity contribution in [3.05, 3.63) is 34.9 Å². The number of hydrogen-bond donors (Lipinski definition) is 0. The molecule has 1 saturated heterocycles. The van der Waals surface area contributed by atoms with Gasteiger partial charge < -0.3 is 14.4 Å². The molecule has 0 N–H and O–H groups in total. The molecule has 110 valence electrons. The average Bonchev–Trinajstić information content (AvgIpc) is 2.24. The molecule has 0 radical (unpaired) electrons. The van der Waals surface area contributed by atoms with Crippen LogP contribution in [0.4, 0.5) is 4.79 Å². The maximum absolute atomic E-state index is 12.0. The molecule has 4 nitrogen and oxygen atoms in total. The van der Waals surface area contributed by atoms with Gasteiger partial charge in [-0.3, -0.25) is 0 Å². The smallest absolute Gasteiger partial charge is 0.412 e. The zero-order chi connectivity index (χ0) is 14.8. The molecule has 20 heavy (non-hydrogen) atoms. The van der Waals surface area contributed by atoms with Gasteiger partial charge in [-0.25, -0.2) is 4.79 Å². The number of ether oxygens (including phenoxy) is 2. The molecule has 1 aliphatic heterocycles. The highest BCUT2D eigenvalue weighted by Gasteiger charge is 2.28. The largest absolute Gasteiger partial charge is 0.415 e. The van der Waals surface area contributed by atoms with E-state index in [-0.39, 0.29) is 6.09 Å². The lowest BCUT2D eigenvalue weighted by molar-refractivity contribution is -0.176. The monoisotopic (exact) mass is 297 g/mol. The molecular weight excluding hydrogens is 278 g/mol. The van der Waals surface area contributed by atoms with E-state index in [9.17, 15) is 4.79 Å². The molecule has 1 aromatic carbocycles. The van der Waals surface area contributed by atoms with Crippen molar-refractivity contribution >= 4 is 17.7 Å². The van der Waals surface area contributed by atoms with Gasteiger partial charge in [0, 0.05) is 23.7 Å². The van der Waals surface area contributed by atoms with Gasteiger partial charge in [0.1, 0.15) is 0 Å². The summed E-state index contributed by atoms with van der Waals surface area (Å²) in [5, 5.41) is 0.636. The van der Waals surface area contributed by atoms with E-state index in [1.54, 1.807) is 17.0 Å². The van der Waals surface area contributed by atoms with Crippen molar-refractivity contribution in [3.8, 4) is 0 Å². The van der Waals surface area contributed by atoms with Gasteiger partial charge in [0.05, 0.1) is 5.60 Å². The summed E-state index contributed by atoms with van der Waals surface area (Å²) in [4.78, 5) is 13.6. The van der Waals surface area contributed by atoms with Crippen molar-refractivity contribution in [1.82, 2.24) is 4.90 Å². The molecule has 0 bridgehead atoms. The molecule has 1 aliphatic rings. The number of amides is 1. The summed E-state index contributed by atoms with van der Waals surface area (Å²) in [5.41, 5.74) is 0.359. The Morgan fingerprint density at radius 2 is 1.85 bits per heavy atom. The van der Waals surface area contributed by atoms with E-state index in [0.29, 0.717) is 5.02 Å². The molecule has 1 fully saturated rings. The van der Waals surface area contributed by atoms with Gasteiger partial charge >= 0.3 is 6.09 Å². The Hall–Kier alpha value is -1.26. The molecule has 1 heterocycles. The first-order valence-electron chi connectivity index (χ1n) is 6.74. The Bertz CT molecular complexity index is 463. The summed E-state index contributed by atoms with van der Waals surface area (Å²) >= 11 is 5.88. The Morgan fingerprint density at radius 3 is 2.30 bits per heavy atom. The maximum Gasteiger partial charge on any atom is 0.412 e. The molecule has 0 aliphatic carbocycles. The van der Waals surface area contributed by atoms with Crippen LogP contribution >= 0.6 is 11.6 Å². The topological polar surface area (TPSA) is 38.8 Å². The van der Waals surface area contributed by atoms with Crippen molar-refractivity contribution in [1.29, 1.82) is 0 Å². The molecular formula is C15H20ClNO3. The predicted molar refractivity (Wildman–Crippen MR) is 77.7 cm³/mol. The minimum atomic E-state index is -0.722. The highest BCUT2D eigenvalue weighted by molar-refractivity contribution is 6.30. The van der Waals surface area contributed by atoms with Crippen molar-refractivity contribution in [3.63, 3.8) is 0 Å². The first-order chi connectivity index (χ1) is 9.35. The highest BCUT2D eigenvalue weighted by Crippen LogP contribution is 2.27. The first-order valence-corrected chi connectivity index (χ1v) is 7.12. The van der Waals surface area contributed by atoms with Crippen LogP contribution < -0.4 is 0 Å². The summed E-state index contributed by atoms with van der Waals surface area (Å²) in [6.45, 7) is 7.28. The first kappa shape index (κ1) is 15.1. The second kappa shape index (κ2) is 6.02. The Morgan fingerprint density at radius 1 is 1.25 bits per heavy atom. The van der Waals surface area contributed by atoms with Crippen LogP contribution in [-0.2, 0) is 9.47 Å². The van der Waals surface area contributed by atoms with Crippen molar-refractivity contribution in [2.75, 3.05) is 13.1 Å². The minimum absolute atomic E-state index is 0.333. The summed E-state index contributed by atoms with van der Waals surface area (Å²) in [6, 6.07) is 7.13. The summed E-state index contributed by atoms with van der Waals surface area (Å²) < 4.78 is 11.3. The van der Waals surface area contributed by atoms with Crippen LogP contribution in [0.25, 0.3) is 0 Å². The maximum atomic E-state index is 12.0. The molecule has 5 heteroatoms. The van der Waals surface area contributed by atoms with E-state index in [1.807, 2.05) is 32.9 Å². The van der Waals surface area contributed by atoms with Gasteiger partial charge in [0.25, 0.3) is 0 Å². The predicted octanol–water partition coefficient (Wildman–Crippen LogP) is 4.00. The van der Waals surface area contributed by atoms with E-state index in [4.69, 9.17) is 21.1 Å². The van der Waals surface area contributed by atoms with Crippen LogP contribution in [-0.4, -0.2) is 29.7 Å². The molecule has 2 rings (SSSR count). The SMILES string of the molecule is CC(C)(C)OC(OC(=O)N1CCC1)c1ccc(Cl)cc1. The number of benzene rings is 1.